The Kier molecular flexibility index (Phi) is 4.60. The molecule has 5 nitrogen and oxygen atoms in total. The van der Waals surface area contributed by atoms with Gasteiger partial charge in [-0.05, 0) is 58.0 Å². The molecule has 1 aromatic carbocycles. The van der Waals surface area contributed by atoms with Crippen LogP contribution in [0.4, 0.5) is 5.69 Å². The number of benzene rings is 1. The van der Waals surface area contributed by atoms with Gasteiger partial charge in [0.25, 0.3) is 0 Å². The first-order valence-corrected chi connectivity index (χ1v) is 8.75. The van der Waals surface area contributed by atoms with E-state index < -0.39 is 10.0 Å². The summed E-state index contributed by atoms with van der Waals surface area (Å²) in [4.78, 5) is 2.45. The van der Waals surface area contributed by atoms with Gasteiger partial charge in [0, 0.05) is 19.1 Å². The fourth-order valence-electron chi connectivity index (χ4n) is 2.98. The predicted molar refractivity (Wildman–Crippen MR) is 85.8 cm³/mol. The number of anilines is 1. The summed E-state index contributed by atoms with van der Waals surface area (Å²) in [6.45, 7) is 7.89. The highest BCUT2D eigenvalue weighted by Crippen LogP contribution is 2.30. The van der Waals surface area contributed by atoms with Crippen molar-refractivity contribution < 1.29 is 8.42 Å². The van der Waals surface area contributed by atoms with Crippen LogP contribution in [0.3, 0.4) is 0 Å². The zero-order valence-corrected chi connectivity index (χ0v) is 14.1. The van der Waals surface area contributed by atoms with E-state index in [1.54, 1.807) is 10.4 Å². The quantitative estimate of drug-likeness (QED) is 0.843. The normalized spacial score (nSPS) is 22.2. The maximum Gasteiger partial charge on any atom is 0.245 e. The molecule has 0 bridgehead atoms. The van der Waals surface area contributed by atoms with Crippen LogP contribution in [-0.2, 0) is 10.0 Å². The lowest BCUT2D eigenvalue weighted by Crippen LogP contribution is -2.42. The number of nitrogens with zero attached hydrogens (tertiary/aromatic N) is 2. The van der Waals surface area contributed by atoms with E-state index in [9.17, 15) is 8.42 Å². The maximum atomic E-state index is 13.1. The minimum absolute atomic E-state index is 0.0539. The van der Waals surface area contributed by atoms with Gasteiger partial charge in [0.1, 0.15) is 4.90 Å². The molecular weight excluding hydrogens is 286 g/mol. The third-order valence-electron chi connectivity index (χ3n) is 4.26. The van der Waals surface area contributed by atoms with Crippen molar-refractivity contribution in [2.24, 2.45) is 0 Å². The number of hydrogen-bond donors (Lipinski definition) is 1. The summed E-state index contributed by atoms with van der Waals surface area (Å²) >= 11 is 0. The molecule has 1 aromatic rings. The molecule has 118 valence electrons. The van der Waals surface area contributed by atoms with Gasteiger partial charge in [-0.2, -0.15) is 4.31 Å². The molecule has 21 heavy (non-hydrogen) atoms. The Morgan fingerprint density at radius 1 is 1.24 bits per heavy atom. The molecule has 6 heteroatoms. The summed E-state index contributed by atoms with van der Waals surface area (Å²) in [5.74, 6) is 0. The topological polar surface area (TPSA) is 66.6 Å². The van der Waals surface area contributed by atoms with Crippen molar-refractivity contribution in [3.05, 3.63) is 23.3 Å². The van der Waals surface area contributed by atoms with E-state index >= 15 is 0 Å². The lowest BCUT2D eigenvalue weighted by molar-refractivity contribution is 0.290. The Balaban J connectivity index is 2.49. The Morgan fingerprint density at radius 2 is 1.90 bits per heavy atom. The molecule has 1 unspecified atom stereocenters. The van der Waals surface area contributed by atoms with Gasteiger partial charge < -0.3 is 10.6 Å². The Labute approximate surface area is 127 Å². The van der Waals surface area contributed by atoms with Crippen LogP contribution in [0.25, 0.3) is 0 Å². The van der Waals surface area contributed by atoms with E-state index in [0.717, 1.165) is 30.6 Å². The number of likely N-dealkylation sites (N-methyl/N-ethyl adjacent to an activating group) is 1. The SMILES string of the molecule is Cc1ccc(N)c(S(=O)(=O)N2CCCN(C)CC2C)c1C. The smallest absolute Gasteiger partial charge is 0.245 e. The summed E-state index contributed by atoms with van der Waals surface area (Å²) in [6, 6.07) is 3.49. The van der Waals surface area contributed by atoms with Crippen molar-refractivity contribution in [3.63, 3.8) is 0 Å². The van der Waals surface area contributed by atoms with E-state index in [1.807, 2.05) is 33.9 Å². The zero-order valence-electron chi connectivity index (χ0n) is 13.3. The fraction of sp³-hybridized carbons (Fsp3) is 0.600. The van der Waals surface area contributed by atoms with Crippen molar-refractivity contribution in [3.8, 4) is 0 Å². The molecule has 0 amide bonds. The van der Waals surface area contributed by atoms with Crippen molar-refractivity contribution in [2.45, 2.75) is 38.1 Å². The number of nitrogen functional groups attached to an aromatic ring is 1. The number of hydrogen-bond acceptors (Lipinski definition) is 4. The molecule has 1 heterocycles. The van der Waals surface area contributed by atoms with Gasteiger partial charge in [0.2, 0.25) is 10.0 Å². The molecule has 2 rings (SSSR count). The molecule has 0 aromatic heterocycles. The van der Waals surface area contributed by atoms with Gasteiger partial charge in [-0.25, -0.2) is 8.42 Å². The van der Waals surface area contributed by atoms with Crippen LogP contribution in [0.15, 0.2) is 17.0 Å². The summed E-state index contributed by atoms with van der Waals surface area (Å²) in [5, 5.41) is 0. The lowest BCUT2D eigenvalue weighted by atomic mass is 10.1. The third kappa shape index (κ3) is 3.07. The van der Waals surface area contributed by atoms with E-state index in [1.165, 1.54) is 0 Å². The minimum Gasteiger partial charge on any atom is -0.398 e. The Hall–Kier alpha value is -1.11. The molecule has 1 saturated heterocycles. The minimum atomic E-state index is -3.56. The predicted octanol–water partition coefficient (Wildman–Crippen LogP) is 1.60. The Morgan fingerprint density at radius 3 is 2.57 bits per heavy atom. The second-order valence-corrected chi connectivity index (χ2v) is 7.83. The van der Waals surface area contributed by atoms with Crippen LogP contribution in [0.5, 0.6) is 0 Å². The molecule has 0 radical (unpaired) electrons. The average Bonchev–Trinajstić information content (AvgIpc) is 2.55. The van der Waals surface area contributed by atoms with Gasteiger partial charge in [0.05, 0.1) is 5.69 Å². The number of rotatable bonds is 2. The maximum absolute atomic E-state index is 13.1. The standard InChI is InChI=1S/C15H25N3O2S/c1-11-6-7-14(16)15(13(11)3)21(19,20)18-9-5-8-17(4)10-12(18)2/h6-7,12H,5,8-10,16H2,1-4H3. The van der Waals surface area contributed by atoms with Gasteiger partial charge in [-0.1, -0.05) is 6.07 Å². The number of sulfonamides is 1. The van der Waals surface area contributed by atoms with Crippen LogP contribution in [0, 0.1) is 13.8 Å². The molecular formula is C15H25N3O2S. The van der Waals surface area contributed by atoms with Crippen LogP contribution in [-0.4, -0.2) is 50.3 Å². The van der Waals surface area contributed by atoms with Gasteiger partial charge >= 0.3 is 0 Å². The average molecular weight is 311 g/mol. The first-order valence-electron chi connectivity index (χ1n) is 7.31. The van der Waals surface area contributed by atoms with Crippen molar-refractivity contribution in [2.75, 3.05) is 32.4 Å². The summed E-state index contributed by atoms with van der Waals surface area (Å²) in [6.07, 6.45) is 0.838. The molecule has 0 spiro atoms. The summed E-state index contributed by atoms with van der Waals surface area (Å²) in [7, 11) is -1.53. The van der Waals surface area contributed by atoms with E-state index in [-0.39, 0.29) is 10.9 Å². The van der Waals surface area contributed by atoms with Gasteiger partial charge in [0.15, 0.2) is 0 Å². The van der Waals surface area contributed by atoms with E-state index in [0.29, 0.717) is 12.2 Å². The monoisotopic (exact) mass is 311 g/mol. The molecule has 0 saturated carbocycles. The lowest BCUT2D eigenvalue weighted by Gasteiger charge is -2.28. The number of aryl methyl sites for hydroxylation is 1. The second-order valence-electron chi connectivity index (χ2n) is 6.01. The van der Waals surface area contributed by atoms with Crippen molar-refractivity contribution >= 4 is 15.7 Å². The highest BCUT2D eigenvalue weighted by Gasteiger charge is 2.33. The van der Waals surface area contributed by atoms with E-state index in [2.05, 4.69) is 4.90 Å². The van der Waals surface area contributed by atoms with Crippen molar-refractivity contribution in [1.29, 1.82) is 0 Å². The summed E-state index contributed by atoms with van der Waals surface area (Å²) in [5.41, 5.74) is 8.01. The van der Waals surface area contributed by atoms with E-state index in [4.69, 9.17) is 5.73 Å². The molecule has 1 fully saturated rings. The van der Waals surface area contributed by atoms with Crippen molar-refractivity contribution in [1.82, 2.24) is 9.21 Å². The third-order valence-corrected chi connectivity index (χ3v) is 6.48. The highest BCUT2D eigenvalue weighted by atomic mass is 32.2. The zero-order chi connectivity index (χ0) is 15.8. The van der Waals surface area contributed by atoms with Crippen LogP contribution in [0.1, 0.15) is 24.5 Å². The molecule has 1 aliphatic heterocycles. The molecule has 2 N–H and O–H groups in total. The molecule has 1 atom stereocenters. The molecule has 0 aliphatic carbocycles. The Bertz CT molecular complexity index is 628. The highest BCUT2D eigenvalue weighted by molar-refractivity contribution is 7.89. The van der Waals surface area contributed by atoms with Gasteiger partial charge in [-0.15, -0.1) is 0 Å². The largest absolute Gasteiger partial charge is 0.398 e. The van der Waals surface area contributed by atoms with Crippen LogP contribution >= 0.6 is 0 Å². The first kappa shape index (κ1) is 16.3. The van der Waals surface area contributed by atoms with Crippen LogP contribution < -0.4 is 5.73 Å². The second kappa shape index (κ2) is 5.94. The molecule has 1 aliphatic rings. The number of nitrogens with two attached hydrogens (primary N) is 1. The first-order chi connectivity index (χ1) is 9.75. The van der Waals surface area contributed by atoms with Crippen LogP contribution in [0.2, 0.25) is 0 Å². The van der Waals surface area contributed by atoms with Gasteiger partial charge in [-0.3, -0.25) is 0 Å². The fourth-order valence-corrected chi connectivity index (χ4v) is 5.04. The summed E-state index contributed by atoms with van der Waals surface area (Å²) < 4.78 is 27.8.